The number of halogens is 1. The van der Waals surface area contributed by atoms with Crippen molar-refractivity contribution in [1.29, 1.82) is 0 Å². The lowest BCUT2D eigenvalue weighted by molar-refractivity contribution is 0.0905. The number of methoxy groups -OCH3 is 1. The standard InChI is InChI=1S/C11H18ClN3O2/c1-7-10(8(2)15(3)14-7)11(16)13-9(5-12)6-17-4/h9H,5-6H2,1-4H3,(H,13,16). The molecule has 0 saturated heterocycles. The number of nitrogens with zero attached hydrogens (tertiary/aromatic N) is 2. The van der Waals surface area contributed by atoms with E-state index in [0.29, 0.717) is 23.7 Å². The van der Waals surface area contributed by atoms with Crippen molar-refractivity contribution in [2.75, 3.05) is 19.6 Å². The average Bonchev–Trinajstić information content (AvgIpc) is 2.52. The number of nitrogens with one attached hydrogen (secondary N) is 1. The summed E-state index contributed by atoms with van der Waals surface area (Å²) in [5, 5.41) is 7.03. The van der Waals surface area contributed by atoms with Crippen LogP contribution < -0.4 is 5.32 Å². The van der Waals surface area contributed by atoms with Gasteiger partial charge < -0.3 is 10.1 Å². The van der Waals surface area contributed by atoms with Crippen molar-refractivity contribution in [1.82, 2.24) is 15.1 Å². The van der Waals surface area contributed by atoms with Crippen molar-refractivity contribution in [3.63, 3.8) is 0 Å². The topological polar surface area (TPSA) is 56.1 Å². The van der Waals surface area contributed by atoms with E-state index in [1.807, 2.05) is 20.9 Å². The van der Waals surface area contributed by atoms with Gasteiger partial charge in [-0.1, -0.05) is 0 Å². The monoisotopic (exact) mass is 259 g/mol. The molecule has 1 amide bonds. The zero-order valence-electron chi connectivity index (χ0n) is 10.6. The van der Waals surface area contributed by atoms with Gasteiger partial charge in [0, 0.05) is 25.7 Å². The van der Waals surface area contributed by atoms with E-state index in [1.165, 1.54) is 0 Å². The number of hydrogen-bond acceptors (Lipinski definition) is 3. The molecule has 96 valence electrons. The van der Waals surface area contributed by atoms with Crippen molar-refractivity contribution in [3.05, 3.63) is 17.0 Å². The molecule has 0 bridgehead atoms. The summed E-state index contributed by atoms with van der Waals surface area (Å²) in [6.07, 6.45) is 0. The molecule has 0 saturated carbocycles. The third-order valence-corrected chi connectivity index (χ3v) is 3.00. The summed E-state index contributed by atoms with van der Waals surface area (Å²) in [5.41, 5.74) is 2.16. The first kappa shape index (κ1) is 14.0. The molecular weight excluding hydrogens is 242 g/mol. The van der Waals surface area contributed by atoms with Crippen LogP contribution in [0.3, 0.4) is 0 Å². The van der Waals surface area contributed by atoms with Crippen molar-refractivity contribution >= 4 is 17.5 Å². The van der Waals surface area contributed by atoms with Crippen molar-refractivity contribution < 1.29 is 9.53 Å². The van der Waals surface area contributed by atoms with Crippen LogP contribution in [0.2, 0.25) is 0 Å². The fourth-order valence-corrected chi connectivity index (χ4v) is 1.85. The van der Waals surface area contributed by atoms with Crippen molar-refractivity contribution in [2.45, 2.75) is 19.9 Å². The zero-order valence-corrected chi connectivity index (χ0v) is 11.3. The predicted molar refractivity (Wildman–Crippen MR) is 66.5 cm³/mol. The zero-order chi connectivity index (χ0) is 13.0. The lowest BCUT2D eigenvalue weighted by atomic mass is 10.1. The Hall–Kier alpha value is -1.07. The number of ether oxygens (including phenoxy) is 1. The number of aromatic nitrogens is 2. The molecule has 1 heterocycles. The molecule has 1 aromatic heterocycles. The van der Waals surface area contributed by atoms with Gasteiger partial charge in [0.15, 0.2) is 0 Å². The van der Waals surface area contributed by atoms with E-state index < -0.39 is 0 Å². The molecule has 0 radical (unpaired) electrons. The predicted octanol–water partition coefficient (Wildman–Crippen LogP) is 1.02. The van der Waals surface area contributed by atoms with Crippen LogP contribution in [0.15, 0.2) is 0 Å². The quantitative estimate of drug-likeness (QED) is 0.804. The van der Waals surface area contributed by atoms with Crippen LogP contribution in [-0.2, 0) is 11.8 Å². The average molecular weight is 260 g/mol. The molecular formula is C11H18ClN3O2. The summed E-state index contributed by atoms with van der Waals surface area (Å²) in [5.74, 6) is 0.161. The maximum Gasteiger partial charge on any atom is 0.255 e. The Labute approximate surface area is 106 Å². The first-order valence-electron chi connectivity index (χ1n) is 5.37. The second-order valence-corrected chi connectivity index (χ2v) is 4.26. The van der Waals surface area contributed by atoms with Gasteiger partial charge >= 0.3 is 0 Å². The molecule has 17 heavy (non-hydrogen) atoms. The number of carbonyl (C=O) groups is 1. The molecule has 0 aliphatic carbocycles. The van der Waals surface area contributed by atoms with Gasteiger partial charge in [-0.2, -0.15) is 5.10 Å². The molecule has 0 aliphatic rings. The Kier molecular flexibility index (Phi) is 4.96. The molecule has 1 N–H and O–H groups in total. The van der Waals surface area contributed by atoms with Crippen LogP contribution in [0.5, 0.6) is 0 Å². The molecule has 5 nitrogen and oxygen atoms in total. The fourth-order valence-electron chi connectivity index (χ4n) is 1.69. The number of aryl methyl sites for hydroxylation is 2. The van der Waals surface area contributed by atoms with Crippen molar-refractivity contribution in [3.8, 4) is 0 Å². The van der Waals surface area contributed by atoms with E-state index in [0.717, 1.165) is 5.69 Å². The van der Waals surface area contributed by atoms with E-state index in [4.69, 9.17) is 16.3 Å². The van der Waals surface area contributed by atoms with Gasteiger partial charge in [0.2, 0.25) is 0 Å². The Bertz CT molecular complexity index is 404. The minimum Gasteiger partial charge on any atom is -0.383 e. The van der Waals surface area contributed by atoms with Gasteiger partial charge in [0.1, 0.15) is 0 Å². The molecule has 1 unspecified atom stereocenters. The Morgan fingerprint density at radius 3 is 2.65 bits per heavy atom. The highest BCUT2D eigenvalue weighted by atomic mass is 35.5. The number of carbonyl (C=O) groups excluding carboxylic acids is 1. The molecule has 0 spiro atoms. The summed E-state index contributed by atoms with van der Waals surface area (Å²) < 4.78 is 6.67. The van der Waals surface area contributed by atoms with Crippen molar-refractivity contribution in [2.24, 2.45) is 7.05 Å². The Balaban J connectivity index is 2.82. The number of amides is 1. The number of rotatable bonds is 5. The van der Waals surface area contributed by atoms with Gasteiger partial charge in [0.05, 0.1) is 23.9 Å². The molecule has 1 aromatic rings. The van der Waals surface area contributed by atoms with Gasteiger partial charge in [-0.15, -0.1) is 11.6 Å². The highest BCUT2D eigenvalue weighted by Crippen LogP contribution is 2.11. The minimum absolute atomic E-state index is 0.157. The minimum atomic E-state index is -0.187. The Morgan fingerprint density at radius 2 is 2.24 bits per heavy atom. The fraction of sp³-hybridized carbons (Fsp3) is 0.636. The van der Waals surface area contributed by atoms with Gasteiger partial charge in [-0.3, -0.25) is 9.48 Å². The summed E-state index contributed by atoms with van der Waals surface area (Å²) >= 11 is 5.75. The van der Waals surface area contributed by atoms with Crippen LogP contribution >= 0.6 is 11.6 Å². The molecule has 0 aliphatic heterocycles. The van der Waals surface area contributed by atoms with E-state index in [2.05, 4.69) is 10.4 Å². The number of alkyl halides is 1. The first-order valence-corrected chi connectivity index (χ1v) is 5.90. The van der Waals surface area contributed by atoms with E-state index in [9.17, 15) is 4.79 Å². The van der Waals surface area contributed by atoms with Gasteiger partial charge in [-0.05, 0) is 13.8 Å². The maximum absolute atomic E-state index is 12.1. The summed E-state index contributed by atoms with van der Waals surface area (Å²) in [6, 6.07) is -0.187. The second-order valence-electron chi connectivity index (χ2n) is 3.95. The number of hydrogen-bond donors (Lipinski definition) is 1. The normalized spacial score (nSPS) is 12.5. The van der Waals surface area contributed by atoms with Crippen LogP contribution in [0.25, 0.3) is 0 Å². The molecule has 6 heteroatoms. The van der Waals surface area contributed by atoms with Crippen LogP contribution in [0, 0.1) is 13.8 Å². The summed E-state index contributed by atoms with van der Waals surface area (Å²) in [4.78, 5) is 12.1. The first-order chi connectivity index (χ1) is 8.01. The smallest absolute Gasteiger partial charge is 0.255 e. The molecule has 0 fully saturated rings. The van der Waals surface area contributed by atoms with E-state index >= 15 is 0 Å². The van der Waals surface area contributed by atoms with E-state index in [1.54, 1.807) is 11.8 Å². The van der Waals surface area contributed by atoms with Crippen LogP contribution in [-0.4, -0.2) is 41.3 Å². The highest BCUT2D eigenvalue weighted by Gasteiger charge is 2.19. The Morgan fingerprint density at radius 1 is 1.59 bits per heavy atom. The molecule has 1 rings (SSSR count). The largest absolute Gasteiger partial charge is 0.383 e. The lowest BCUT2D eigenvalue weighted by Crippen LogP contribution is -2.39. The van der Waals surface area contributed by atoms with Crippen LogP contribution in [0.1, 0.15) is 21.7 Å². The molecule has 1 atom stereocenters. The summed E-state index contributed by atoms with van der Waals surface area (Å²) in [6.45, 7) is 4.07. The second kappa shape index (κ2) is 6.02. The van der Waals surface area contributed by atoms with E-state index in [-0.39, 0.29) is 11.9 Å². The highest BCUT2D eigenvalue weighted by molar-refractivity contribution is 6.18. The van der Waals surface area contributed by atoms with Crippen LogP contribution in [0.4, 0.5) is 0 Å². The summed E-state index contributed by atoms with van der Waals surface area (Å²) in [7, 11) is 3.39. The third kappa shape index (κ3) is 3.20. The molecule has 0 aromatic carbocycles. The van der Waals surface area contributed by atoms with Gasteiger partial charge in [0.25, 0.3) is 5.91 Å². The third-order valence-electron chi connectivity index (χ3n) is 2.63. The SMILES string of the molecule is COCC(CCl)NC(=O)c1c(C)nn(C)c1C. The maximum atomic E-state index is 12.1. The lowest BCUT2D eigenvalue weighted by Gasteiger charge is -2.15. The van der Waals surface area contributed by atoms with Gasteiger partial charge in [-0.25, -0.2) is 0 Å².